The monoisotopic (exact) mass is 249 g/mol. The number of piperidine rings is 1. The fourth-order valence-corrected chi connectivity index (χ4v) is 2.60. The van der Waals surface area contributed by atoms with Crippen LogP contribution in [0, 0.1) is 5.92 Å². The van der Waals surface area contributed by atoms with Crippen molar-refractivity contribution in [3.8, 4) is 0 Å². The number of likely N-dealkylation sites (tertiary alicyclic amines) is 1. The highest BCUT2D eigenvalue weighted by molar-refractivity contribution is 5.67. The summed E-state index contributed by atoms with van der Waals surface area (Å²) in [5, 5.41) is 21.0. The molecule has 0 aromatic heterocycles. The Morgan fingerprint density at radius 3 is 2.83 bits per heavy atom. The molecule has 1 aromatic carbocycles. The van der Waals surface area contributed by atoms with Crippen molar-refractivity contribution < 1.29 is 19.9 Å². The molecule has 3 atom stereocenters. The van der Waals surface area contributed by atoms with Crippen molar-refractivity contribution in [3.63, 3.8) is 0 Å². The second-order valence-electron chi connectivity index (χ2n) is 4.99. The molecule has 4 nitrogen and oxygen atoms in total. The number of carbonyl (C=O) groups is 1. The summed E-state index contributed by atoms with van der Waals surface area (Å²) in [5.74, 6) is -1.32. The van der Waals surface area contributed by atoms with Crippen LogP contribution in [0.15, 0.2) is 30.3 Å². The van der Waals surface area contributed by atoms with E-state index in [0.29, 0.717) is 19.5 Å². The van der Waals surface area contributed by atoms with Gasteiger partial charge >= 0.3 is 0 Å². The highest BCUT2D eigenvalue weighted by Gasteiger charge is 2.26. The van der Waals surface area contributed by atoms with Gasteiger partial charge in [0.25, 0.3) is 0 Å². The van der Waals surface area contributed by atoms with Crippen LogP contribution in [0.1, 0.15) is 24.5 Å². The van der Waals surface area contributed by atoms with Gasteiger partial charge in [0.15, 0.2) is 0 Å². The summed E-state index contributed by atoms with van der Waals surface area (Å²) >= 11 is 0. The van der Waals surface area contributed by atoms with Crippen molar-refractivity contribution in [2.24, 2.45) is 5.92 Å². The van der Waals surface area contributed by atoms with Gasteiger partial charge in [0.1, 0.15) is 12.6 Å². The third kappa shape index (κ3) is 3.31. The normalized spacial score (nSPS) is 25.6. The first-order chi connectivity index (χ1) is 8.66. The Labute approximate surface area is 107 Å². The van der Waals surface area contributed by atoms with Crippen LogP contribution in [-0.4, -0.2) is 30.7 Å². The lowest BCUT2D eigenvalue weighted by Gasteiger charge is -2.31. The lowest BCUT2D eigenvalue weighted by molar-refractivity contribution is -0.911. The highest BCUT2D eigenvalue weighted by atomic mass is 16.4. The van der Waals surface area contributed by atoms with Crippen molar-refractivity contribution in [2.45, 2.75) is 18.9 Å². The molecule has 0 spiro atoms. The van der Waals surface area contributed by atoms with Gasteiger partial charge in [-0.05, 0) is 18.4 Å². The smallest absolute Gasteiger partial charge is 0.128 e. The summed E-state index contributed by atoms with van der Waals surface area (Å²) in [7, 11) is 0. The van der Waals surface area contributed by atoms with Crippen LogP contribution in [0.3, 0.4) is 0 Å². The number of carbonyl (C=O) groups excluding carboxylic acids is 1. The number of nitrogens with one attached hydrogen (secondary N) is 1. The van der Waals surface area contributed by atoms with Gasteiger partial charge in [-0.2, -0.15) is 0 Å². The van der Waals surface area contributed by atoms with E-state index in [0.717, 1.165) is 23.4 Å². The van der Waals surface area contributed by atoms with Crippen molar-refractivity contribution in [1.29, 1.82) is 0 Å². The minimum Gasteiger partial charge on any atom is -0.550 e. The van der Waals surface area contributed by atoms with E-state index in [9.17, 15) is 15.0 Å². The van der Waals surface area contributed by atoms with Gasteiger partial charge in [0, 0.05) is 5.92 Å². The van der Waals surface area contributed by atoms with E-state index in [4.69, 9.17) is 0 Å². The summed E-state index contributed by atoms with van der Waals surface area (Å²) in [6.07, 6.45) is 1.06. The number of rotatable bonds is 4. The summed E-state index contributed by atoms with van der Waals surface area (Å²) in [4.78, 5) is 12.0. The number of carboxylic acid groups (broad SMARTS) is 1. The quantitative estimate of drug-likeness (QED) is 0.702. The highest BCUT2D eigenvalue weighted by Crippen LogP contribution is 2.11. The second-order valence-corrected chi connectivity index (χ2v) is 4.99. The number of benzene rings is 1. The van der Waals surface area contributed by atoms with E-state index in [1.54, 1.807) is 0 Å². The fourth-order valence-electron chi connectivity index (χ4n) is 2.60. The third-order valence-corrected chi connectivity index (χ3v) is 3.62. The van der Waals surface area contributed by atoms with Crippen LogP contribution < -0.4 is 10.0 Å². The van der Waals surface area contributed by atoms with E-state index >= 15 is 0 Å². The molecule has 4 heteroatoms. The van der Waals surface area contributed by atoms with Crippen LogP contribution >= 0.6 is 0 Å². The molecule has 98 valence electrons. The number of hydrogen-bond acceptors (Lipinski definition) is 3. The first-order valence-electron chi connectivity index (χ1n) is 6.44. The van der Waals surface area contributed by atoms with E-state index < -0.39 is 12.1 Å². The largest absolute Gasteiger partial charge is 0.550 e. The SMILES string of the molecule is O=C([O-])[C@H]1CCC[NH+](C[C@@H](O)c2ccccc2)C1. The van der Waals surface area contributed by atoms with Gasteiger partial charge < -0.3 is 19.9 Å². The van der Waals surface area contributed by atoms with Gasteiger partial charge in [-0.3, -0.25) is 0 Å². The number of aliphatic hydroxyl groups is 1. The molecule has 1 heterocycles. The van der Waals surface area contributed by atoms with Crippen LogP contribution in [0.25, 0.3) is 0 Å². The molecule has 0 aliphatic carbocycles. The molecule has 2 N–H and O–H groups in total. The molecule has 0 bridgehead atoms. The predicted molar refractivity (Wildman–Crippen MR) is 64.7 cm³/mol. The van der Waals surface area contributed by atoms with E-state index in [1.165, 1.54) is 0 Å². The number of quaternary nitrogens is 1. The Kier molecular flexibility index (Phi) is 4.33. The molecule has 0 saturated carbocycles. The molecule has 0 amide bonds. The number of aliphatic hydroxyl groups excluding tert-OH is 1. The first kappa shape index (κ1) is 13.1. The van der Waals surface area contributed by atoms with Crippen molar-refractivity contribution >= 4 is 5.97 Å². The average Bonchev–Trinajstić information content (AvgIpc) is 2.40. The summed E-state index contributed by atoms with van der Waals surface area (Å²) in [5.41, 5.74) is 0.889. The van der Waals surface area contributed by atoms with Crippen molar-refractivity contribution in [3.05, 3.63) is 35.9 Å². The van der Waals surface area contributed by atoms with Crippen molar-refractivity contribution in [1.82, 2.24) is 0 Å². The molecule has 1 aliphatic heterocycles. The molecule has 1 fully saturated rings. The third-order valence-electron chi connectivity index (χ3n) is 3.62. The van der Waals surface area contributed by atoms with Crippen LogP contribution in [0.4, 0.5) is 0 Å². The minimum atomic E-state index is -0.957. The number of carboxylic acids is 1. The molecule has 1 aromatic rings. The molecule has 1 aliphatic rings. The molecule has 18 heavy (non-hydrogen) atoms. The maximum atomic E-state index is 10.9. The zero-order chi connectivity index (χ0) is 13.0. The standard InChI is InChI=1S/C14H19NO3/c16-13(11-5-2-1-3-6-11)10-15-8-4-7-12(9-15)14(17)18/h1-3,5-6,12-13,16H,4,7-10H2,(H,17,18)/t12-,13+/m0/s1. The Morgan fingerprint density at radius 1 is 1.44 bits per heavy atom. The zero-order valence-corrected chi connectivity index (χ0v) is 10.3. The lowest BCUT2D eigenvalue weighted by atomic mass is 9.97. The topological polar surface area (TPSA) is 64.8 Å². The van der Waals surface area contributed by atoms with E-state index in [1.807, 2.05) is 30.3 Å². The maximum absolute atomic E-state index is 10.9. The van der Waals surface area contributed by atoms with Crippen LogP contribution in [0.2, 0.25) is 0 Å². The van der Waals surface area contributed by atoms with Gasteiger partial charge in [0.2, 0.25) is 0 Å². The van der Waals surface area contributed by atoms with E-state index in [2.05, 4.69) is 0 Å². The van der Waals surface area contributed by atoms with Gasteiger partial charge in [0.05, 0.1) is 19.1 Å². The van der Waals surface area contributed by atoms with Crippen LogP contribution in [0.5, 0.6) is 0 Å². The zero-order valence-electron chi connectivity index (χ0n) is 10.3. The van der Waals surface area contributed by atoms with Crippen molar-refractivity contribution in [2.75, 3.05) is 19.6 Å². The Balaban J connectivity index is 1.91. The fraction of sp³-hybridized carbons (Fsp3) is 0.500. The average molecular weight is 249 g/mol. The van der Waals surface area contributed by atoms with Gasteiger partial charge in [-0.1, -0.05) is 30.3 Å². The number of aliphatic carboxylic acids is 1. The van der Waals surface area contributed by atoms with E-state index in [-0.39, 0.29) is 5.92 Å². The van der Waals surface area contributed by atoms with Crippen LogP contribution in [-0.2, 0) is 4.79 Å². The molecular weight excluding hydrogens is 230 g/mol. The summed E-state index contributed by atoms with van der Waals surface area (Å²) in [6.45, 7) is 2.05. The second kappa shape index (κ2) is 5.98. The Bertz CT molecular complexity index is 393. The predicted octanol–water partition coefficient (Wildman–Crippen LogP) is -1.24. The van der Waals surface area contributed by atoms with Gasteiger partial charge in [-0.15, -0.1) is 0 Å². The number of hydrogen-bond donors (Lipinski definition) is 2. The molecular formula is C14H19NO3. The maximum Gasteiger partial charge on any atom is 0.128 e. The molecule has 1 unspecified atom stereocenters. The summed E-state index contributed by atoms with van der Waals surface area (Å²) in [6, 6.07) is 9.49. The Morgan fingerprint density at radius 2 is 2.17 bits per heavy atom. The summed E-state index contributed by atoms with van der Waals surface area (Å²) < 4.78 is 0. The minimum absolute atomic E-state index is 0.364. The molecule has 0 radical (unpaired) electrons. The molecule has 1 saturated heterocycles. The van der Waals surface area contributed by atoms with Gasteiger partial charge in [-0.25, -0.2) is 0 Å². The molecule has 2 rings (SSSR count). The Hall–Kier alpha value is -1.39. The lowest BCUT2D eigenvalue weighted by Crippen LogP contribution is -3.14. The first-order valence-corrected chi connectivity index (χ1v) is 6.44.